The summed E-state index contributed by atoms with van der Waals surface area (Å²) in [5.74, 6) is 1.03. The van der Waals surface area contributed by atoms with Crippen molar-refractivity contribution in [3.8, 4) is 5.75 Å². The van der Waals surface area contributed by atoms with Crippen LogP contribution in [-0.4, -0.2) is 48.3 Å². The smallest absolute Gasteiger partial charge is 0.225 e. The van der Waals surface area contributed by atoms with Crippen LogP contribution in [0.15, 0.2) is 24.3 Å². The van der Waals surface area contributed by atoms with E-state index >= 15 is 0 Å². The molecule has 1 fully saturated rings. The van der Waals surface area contributed by atoms with Crippen molar-refractivity contribution in [2.24, 2.45) is 5.92 Å². The molecule has 1 aliphatic rings. The van der Waals surface area contributed by atoms with Crippen LogP contribution in [0.1, 0.15) is 51.5 Å². The van der Waals surface area contributed by atoms with E-state index in [0.29, 0.717) is 6.54 Å². The van der Waals surface area contributed by atoms with Crippen LogP contribution in [0.5, 0.6) is 5.75 Å². The molecule has 2 N–H and O–H groups in total. The van der Waals surface area contributed by atoms with E-state index in [-0.39, 0.29) is 11.8 Å². The lowest BCUT2D eigenvalue weighted by molar-refractivity contribution is -0.130. The number of ether oxygens (including phenoxy) is 1. The normalized spacial score (nSPS) is 16.1. The Kier molecular flexibility index (Phi) is 8.92. The molecule has 1 aromatic rings. The second-order valence-electron chi connectivity index (χ2n) is 7.39. The highest BCUT2D eigenvalue weighted by atomic mass is 16.5. The van der Waals surface area contributed by atoms with Crippen LogP contribution in [0.2, 0.25) is 0 Å². The predicted molar refractivity (Wildman–Crippen MR) is 104 cm³/mol. The molecule has 0 saturated carbocycles. The number of likely N-dealkylation sites (tertiary alicyclic amines) is 1. The number of rotatable bonds is 12. The van der Waals surface area contributed by atoms with Crippen LogP contribution in [0.4, 0.5) is 0 Å². The van der Waals surface area contributed by atoms with Crippen LogP contribution in [-0.2, 0) is 11.3 Å². The van der Waals surface area contributed by atoms with Gasteiger partial charge in [0, 0.05) is 26.2 Å². The number of hydrogen-bond acceptors (Lipinski definition) is 4. The lowest BCUT2D eigenvalue weighted by atomic mass is 9.98. The number of carbonyl (C=O) groups excluding carboxylic acids is 1. The number of hydrogen-bond donors (Lipinski definition) is 2. The van der Waals surface area contributed by atoms with Gasteiger partial charge in [-0.05, 0) is 31.0 Å². The van der Waals surface area contributed by atoms with E-state index in [1.807, 2.05) is 12.1 Å². The molecule has 1 amide bonds. The minimum absolute atomic E-state index is 0.0454. The topological polar surface area (TPSA) is 61.8 Å². The van der Waals surface area contributed by atoms with E-state index in [1.165, 1.54) is 31.2 Å². The molecular formula is C21H34N2O3. The van der Waals surface area contributed by atoms with Gasteiger partial charge in [0.15, 0.2) is 0 Å². The molecule has 146 valence electrons. The highest BCUT2D eigenvalue weighted by molar-refractivity contribution is 5.80. The first-order valence-corrected chi connectivity index (χ1v) is 9.98. The van der Waals surface area contributed by atoms with E-state index in [2.05, 4.69) is 29.3 Å². The van der Waals surface area contributed by atoms with E-state index in [0.717, 1.165) is 38.4 Å². The Balaban J connectivity index is 1.60. The Morgan fingerprint density at radius 3 is 2.58 bits per heavy atom. The van der Waals surface area contributed by atoms with Crippen LogP contribution < -0.4 is 10.1 Å². The zero-order valence-corrected chi connectivity index (χ0v) is 16.2. The van der Waals surface area contributed by atoms with E-state index < -0.39 is 6.10 Å². The predicted octanol–water partition coefficient (Wildman–Crippen LogP) is 2.96. The van der Waals surface area contributed by atoms with Gasteiger partial charge in [-0.15, -0.1) is 0 Å². The largest absolute Gasteiger partial charge is 0.494 e. The third-order valence-electron chi connectivity index (χ3n) is 4.75. The van der Waals surface area contributed by atoms with E-state index in [4.69, 9.17) is 4.74 Å². The second-order valence-corrected chi connectivity index (χ2v) is 7.39. The number of nitrogens with one attached hydrogen (secondary N) is 1. The molecule has 0 bridgehead atoms. The fourth-order valence-electron chi connectivity index (χ4n) is 3.10. The maximum Gasteiger partial charge on any atom is 0.225 e. The number of amides is 1. The lowest BCUT2D eigenvalue weighted by Gasteiger charge is -2.38. The first-order valence-electron chi connectivity index (χ1n) is 9.98. The SMILES string of the molecule is CCCCCCCOc1ccc(CN2CC(C(=O)NC[C@@H](C)O)C2)cc1. The zero-order valence-electron chi connectivity index (χ0n) is 16.2. The van der Waals surface area contributed by atoms with Crippen molar-refractivity contribution in [3.05, 3.63) is 29.8 Å². The average molecular weight is 363 g/mol. The molecule has 0 aromatic heterocycles. The molecule has 0 spiro atoms. The standard InChI is InChI=1S/C21H34N2O3/c1-3-4-5-6-7-12-26-20-10-8-18(9-11-20)14-23-15-19(16-23)21(25)22-13-17(2)24/h8-11,17,19,24H,3-7,12-16H2,1-2H3,(H,22,25)/t17-/m1/s1. The van der Waals surface area contributed by atoms with E-state index in [9.17, 15) is 9.90 Å². The van der Waals surface area contributed by atoms with Crippen molar-refractivity contribution in [2.45, 2.75) is 58.6 Å². The van der Waals surface area contributed by atoms with Crippen molar-refractivity contribution in [2.75, 3.05) is 26.2 Å². The maximum atomic E-state index is 11.9. The quantitative estimate of drug-likeness (QED) is 0.561. The van der Waals surface area contributed by atoms with Gasteiger partial charge in [-0.2, -0.15) is 0 Å². The van der Waals surface area contributed by atoms with Gasteiger partial charge in [-0.3, -0.25) is 9.69 Å². The number of aliphatic hydroxyl groups is 1. The highest BCUT2D eigenvalue weighted by Gasteiger charge is 2.32. The maximum absolute atomic E-state index is 11.9. The van der Waals surface area contributed by atoms with Crippen molar-refractivity contribution in [1.29, 1.82) is 0 Å². The van der Waals surface area contributed by atoms with Gasteiger partial charge in [0.2, 0.25) is 5.91 Å². The molecule has 26 heavy (non-hydrogen) atoms. The van der Waals surface area contributed by atoms with Gasteiger partial charge in [0.1, 0.15) is 5.75 Å². The Morgan fingerprint density at radius 1 is 1.23 bits per heavy atom. The molecule has 1 saturated heterocycles. The number of nitrogens with zero attached hydrogens (tertiary/aromatic N) is 1. The molecule has 1 atom stereocenters. The molecule has 5 heteroatoms. The molecule has 1 heterocycles. The van der Waals surface area contributed by atoms with Crippen molar-refractivity contribution >= 4 is 5.91 Å². The third-order valence-corrected chi connectivity index (χ3v) is 4.75. The fraction of sp³-hybridized carbons (Fsp3) is 0.667. The Bertz CT molecular complexity index is 525. The zero-order chi connectivity index (χ0) is 18.8. The summed E-state index contributed by atoms with van der Waals surface area (Å²) in [6, 6.07) is 8.28. The van der Waals surface area contributed by atoms with Gasteiger partial charge < -0.3 is 15.2 Å². The number of carbonyl (C=O) groups is 1. The van der Waals surface area contributed by atoms with Gasteiger partial charge >= 0.3 is 0 Å². The molecule has 0 unspecified atom stereocenters. The van der Waals surface area contributed by atoms with Gasteiger partial charge in [0.05, 0.1) is 18.6 Å². The Hall–Kier alpha value is -1.59. The monoisotopic (exact) mass is 362 g/mol. The lowest BCUT2D eigenvalue weighted by Crippen LogP contribution is -2.53. The first kappa shape index (κ1) is 20.7. The van der Waals surface area contributed by atoms with Gasteiger partial charge in [-0.25, -0.2) is 0 Å². The summed E-state index contributed by atoms with van der Waals surface area (Å²) in [6.07, 6.45) is 5.75. The third kappa shape index (κ3) is 7.34. The molecule has 2 rings (SSSR count). The van der Waals surface area contributed by atoms with Crippen LogP contribution >= 0.6 is 0 Å². The van der Waals surface area contributed by atoms with Crippen LogP contribution in [0, 0.1) is 5.92 Å². The van der Waals surface area contributed by atoms with Gasteiger partial charge in [-0.1, -0.05) is 44.7 Å². The molecule has 0 aliphatic carbocycles. The summed E-state index contributed by atoms with van der Waals surface area (Å²) in [5, 5.41) is 12.0. The Morgan fingerprint density at radius 2 is 1.92 bits per heavy atom. The van der Waals surface area contributed by atoms with Crippen LogP contribution in [0.3, 0.4) is 0 Å². The summed E-state index contributed by atoms with van der Waals surface area (Å²) in [6.45, 7) is 7.44. The summed E-state index contributed by atoms with van der Waals surface area (Å²) < 4.78 is 5.79. The minimum Gasteiger partial charge on any atom is -0.494 e. The van der Waals surface area contributed by atoms with Gasteiger partial charge in [0.25, 0.3) is 0 Å². The molecule has 1 aliphatic heterocycles. The van der Waals surface area contributed by atoms with Crippen molar-refractivity contribution < 1.29 is 14.6 Å². The fourth-order valence-corrected chi connectivity index (χ4v) is 3.10. The number of benzene rings is 1. The molecule has 1 aromatic carbocycles. The summed E-state index contributed by atoms with van der Waals surface area (Å²) in [5.41, 5.74) is 1.24. The average Bonchev–Trinajstić information content (AvgIpc) is 2.60. The highest BCUT2D eigenvalue weighted by Crippen LogP contribution is 2.20. The number of aliphatic hydroxyl groups excluding tert-OH is 1. The van der Waals surface area contributed by atoms with Crippen molar-refractivity contribution in [3.63, 3.8) is 0 Å². The Labute approximate surface area is 157 Å². The number of unbranched alkanes of at least 4 members (excludes halogenated alkanes) is 4. The minimum atomic E-state index is -0.493. The summed E-state index contributed by atoms with van der Waals surface area (Å²) >= 11 is 0. The van der Waals surface area contributed by atoms with Crippen molar-refractivity contribution in [1.82, 2.24) is 10.2 Å². The van der Waals surface area contributed by atoms with Crippen LogP contribution in [0.25, 0.3) is 0 Å². The second kappa shape index (κ2) is 11.2. The first-order chi connectivity index (χ1) is 12.6. The summed E-state index contributed by atoms with van der Waals surface area (Å²) in [7, 11) is 0. The molecular weight excluding hydrogens is 328 g/mol. The summed E-state index contributed by atoms with van der Waals surface area (Å²) in [4.78, 5) is 14.2. The molecule has 5 nitrogen and oxygen atoms in total. The molecule has 0 radical (unpaired) electrons. The van der Waals surface area contributed by atoms with E-state index in [1.54, 1.807) is 6.92 Å².